The van der Waals surface area contributed by atoms with Crippen molar-refractivity contribution in [3.05, 3.63) is 138 Å². The van der Waals surface area contributed by atoms with E-state index in [1.54, 1.807) is 38.2 Å². The van der Waals surface area contributed by atoms with Crippen LogP contribution in [0.2, 0.25) is 0 Å². The third-order valence-corrected chi connectivity index (χ3v) is 7.65. The van der Waals surface area contributed by atoms with Gasteiger partial charge in [0, 0.05) is 32.2 Å². The second-order valence-electron chi connectivity index (χ2n) is 11.2. The SMILES string of the molecule is COc1cccc(CN(Cc2cccc(OC)c2)C(=O)Oc2cncc(OC(=O)N(Cc3cccc(OC)c3)Cc3cccc(OC)c3)c2)c1. The first-order chi connectivity index (χ1) is 24.3. The zero-order valence-corrected chi connectivity index (χ0v) is 28.4. The van der Waals surface area contributed by atoms with E-state index in [0.29, 0.717) is 23.0 Å². The molecule has 5 aromatic rings. The molecule has 0 atom stereocenters. The molecule has 0 aliphatic heterocycles. The van der Waals surface area contributed by atoms with E-state index >= 15 is 0 Å². The van der Waals surface area contributed by atoms with Crippen LogP contribution in [0.25, 0.3) is 0 Å². The molecule has 2 amide bonds. The van der Waals surface area contributed by atoms with Crippen LogP contribution in [-0.2, 0) is 26.2 Å². The zero-order valence-electron chi connectivity index (χ0n) is 28.4. The number of nitrogens with zero attached hydrogens (tertiary/aromatic N) is 3. The molecule has 11 heteroatoms. The maximum absolute atomic E-state index is 13.7. The lowest BCUT2D eigenvalue weighted by atomic mass is 10.1. The highest BCUT2D eigenvalue weighted by Crippen LogP contribution is 2.24. The number of carbonyl (C=O) groups is 2. The third-order valence-electron chi connectivity index (χ3n) is 7.65. The molecule has 0 saturated carbocycles. The van der Waals surface area contributed by atoms with Gasteiger partial charge in [0.05, 0.1) is 40.8 Å². The summed E-state index contributed by atoms with van der Waals surface area (Å²) in [5, 5.41) is 0. The molecule has 1 heterocycles. The molecule has 0 unspecified atom stereocenters. The first-order valence-electron chi connectivity index (χ1n) is 15.8. The van der Waals surface area contributed by atoms with Crippen LogP contribution in [0.15, 0.2) is 116 Å². The van der Waals surface area contributed by atoms with Crippen molar-refractivity contribution >= 4 is 12.2 Å². The summed E-state index contributed by atoms with van der Waals surface area (Å²) in [7, 11) is 6.35. The van der Waals surface area contributed by atoms with Crippen molar-refractivity contribution in [3.63, 3.8) is 0 Å². The Kier molecular flexibility index (Phi) is 12.1. The van der Waals surface area contributed by atoms with Crippen LogP contribution in [0.4, 0.5) is 9.59 Å². The Balaban J connectivity index is 1.34. The fraction of sp³-hybridized carbons (Fsp3) is 0.205. The maximum Gasteiger partial charge on any atom is 0.415 e. The number of amides is 2. The number of rotatable bonds is 14. The second kappa shape index (κ2) is 17.3. The Morgan fingerprint density at radius 2 is 0.760 bits per heavy atom. The standard InChI is InChI=1S/C39H39N3O8/c1-45-32-13-5-9-28(17-32)24-41(25-29-10-6-14-33(18-29)46-2)38(43)49-36-21-37(23-40-22-36)50-39(44)42(26-30-11-7-15-34(19-30)47-3)27-31-12-8-16-35(20-31)48-4/h5-23H,24-27H2,1-4H3. The van der Waals surface area contributed by atoms with Gasteiger partial charge in [-0.15, -0.1) is 0 Å². The van der Waals surface area contributed by atoms with Crippen LogP contribution in [0.5, 0.6) is 34.5 Å². The lowest BCUT2D eigenvalue weighted by Gasteiger charge is -2.23. The molecule has 0 N–H and O–H groups in total. The van der Waals surface area contributed by atoms with Crippen molar-refractivity contribution in [1.29, 1.82) is 0 Å². The van der Waals surface area contributed by atoms with Gasteiger partial charge in [-0.3, -0.25) is 14.8 Å². The summed E-state index contributed by atoms with van der Waals surface area (Å²) >= 11 is 0. The van der Waals surface area contributed by atoms with Gasteiger partial charge >= 0.3 is 12.2 Å². The van der Waals surface area contributed by atoms with Gasteiger partial charge in [0.1, 0.15) is 23.0 Å². The minimum Gasteiger partial charge on any atom is -0.497 e. The van der Waals surface area contributed by atoms with Gasteiger partial charge in [0.25, 0.3) is 0 Å². The Hall–Kier alpha value is -6.23. The van der Waals surface area contributed by atoms with E-state index in [1.807, 2.05) is 97.1 Å². The van der Waals surface area contributed by atoms with Crippen LogP contribution < -0.4 is 28.4 Å². The minimum atomic E-state index is -0.626. The third kappa shape index (κ3) is 9.89. The van der Waals surface area contributed by atoms with Crippen molar-refractivity contribution in [2.75, 3.05) is 28.4 Å². The molecule has 1 aromatic heterocycles. The van der Waals surface area contributed by atoms with Crippen LogP contribution in [-0.4, -0.2) is 55.4 Å². The van der Waals surface area contributed by atoms with E-state index in [1.165, 1.54) is 18.5 Å². The molecular weight excluding hydrogens is 638 g/mol. The molecule has 258 valence electrons. The number of hydrogen-bond acceptors (Lipinski definition) is 9. The maximum atomic E-state index is 13.7. The highest BCUT2D eigenvalue weighted by atomic mass is 16.6. The Morgan fingerprint density at radius 1 is 0.460 bits per heavy atom. The molecule has 0 fully saturated rings. The number of ether oxygens (including phenoxy) is 6. The van der Waals surface area contributed by atoms with Crippen LogP contribution in [0.3, 0.4) is 0 Å². The molecule has 0 bridgehead atoms. The van der Waals surface area contributed by atoms with E-state index in [2.05, 4.69) is 4.98 Å². The van der Waals surface area contributed by atoms with Gasteiger partial charge in [-0.25, -0.2) is 9.59 Å². The van der Waals surface area contributed by atoms with E-state index in [0.717, 1.165) is 22.3 Å². The summed E-state index contributed by atoms with van der Waals surface area (Å²) < 4.78 is 33.1. The Bertz CT molecular complexity index is 1670. The Labute approximate surface area is 291 Å². The molecule has 50 heavy (non-hydrogen) atoms. The fourth-order valence-electron chi connectivity index (χ4n) is 5.18. The van der Waals surface area contributed by atoms with Crippen molar-refractivity contribution in [3.8, 4) is 34.5 Å². The predicted octanol–water partition coefficient (Wildman–Crippen LogP) is 7.52. The first kappa shape index (κ1) is 35.1. The number of benzene rings is 4. The lowest BCUT2D eigenvalue weighted by molar-refractivity contribution is 0.144. The highest BCUT2D eigenvalue weighted by molar-refractivity contribution is 5.72. The molecular formula is C39H39N3O8. The molecule has 0 aliphatic carbocycles. The largest absolute Gasteiger partial charge is 0.497 e. The molecule has 0 radical (unpaired) electrons. The number of aromatic nitrogens is 1. The van der Waals surface area contributed by atoms with Gasteiger partial charge in [-0.05, 0) is 70.8 Å². The zero-order chi connectivity index (χ0) is 35.3. The highest BCUT2D eigenvalue weighted by Gasteiger charge is 2.21. The normalized spacial score (nSPS) is 10.5. The van der Waals surface area contributed by atoms with E-state index in [9.17, 15) is 9.59 Å². The van der Waals surface area contributed by atoms with Crippen molar-refractivity contribution in [1.82, 2.24) is 14.8 Å². The molecule has 0 saturated heterocycles. The quantitative estimate of drug-likeness (QED) is 0.118. The molecule has 0 aliphatic rings. The number of hydrogen-bond donors (Lipinski definition) is 0. The molecule has 0 spiro atoms. The molecule has 11 nitrogen and oxygen atoms in total. The van der Waals surface area contributed by atoms with Crippen molar-refractivity contribution in [2.24, 2.45) is 0 Å². The van der Waals surface area contributed by atoms with Gasteiger partial charge in [0.15, 0.2) is 11.5 Å². The van der Waals surface area contributed by atoms with Crippen molar-refractivity contribution in [2.45, 2.75) is 26.2 Å². The number of pyridine rings is 1. The summed E-state index contributed by atoms with van der Waals surface area (Å²) in [6.45, 7) is 0.940. The van der Waals surface area contributed by atoms with E-state index < -0.39 is 12.2 Å². The van der Waals surface area contributed by atoms with Gasteiger partial charge in [-0.2, -0.15) is 0 Å². The van der Waals surface area contributed by atoms with Crippen LogP contribution >= 0.6 is 0 Å². The van der Waals surface area contributed by atoms with Crippen molar-refractivity contribution < 1.29 is 38.0 Å². The van der Waals surface area contributed by atoms with Gasteiger partial charge < -0.3 is 28.4 Å². The smallest absolute Gasteiger partial charge is 0.415 e. The average Bonchev–Trinajstić information content (AvgIpc) is 3.14. The summed E-state index contributed by atoms with van der Waals surface area (Å²) in [4.78, 5) is 34.6. The summed E-state index contributed by atoms with van der Waals surface area (Å²) in [5.41, 5.74) is 3.38. The van der Waals surface area contributed by atoms with Gasteiger partial charge in [0.2, 0.25) is 0 Å². The lowest BCUT2D eigenvalue weighted by Crippen LogP contribution is -2.33. The van der Waals surface area contributed by atoms with Crippen LogP contribution in [0.1, 0.15) is 22.3 Å². The molecule has 4 aromatic carbocycles. The average molecular weight is 678 g/mol. The van der Waals surface area contributed by atoms with Gasteiger partial charge in [-0.1, -0.05) is 48.5 Å². The van der Waals surface area contributed by atoms with E-state index in [-0.39, 0.29) is 37.7 Å². The predicted molar refractivity (Wildman–Crippen MR) is 187 cm³/mol. The van der Waals surface area contributed by atoms with Crippen LogP contribution in [0, 0.1) is 0 Å². The number of methoxy groups -OCH3 is 4. The fourth-order valence-corrected chi connectivity index (χ4v) is 5.18. The topological polar surface area (TPSA) is 109 Å². The summed E-state index contributed by atoms with van der Waals surface area (Å²) in [6, 6.07) is 31.3. The number of carbonyl (C=O) groups excluding carboxylic acids is 2. The molecule has 5 rings (SSSR count). The second-order valence-corrected chi connectivity index (χ2v) is 11.2. The first-order valence-corrected chi connectivity index (χ1v) is 15.8. The monoisotopic (exact) mass is 677 g/mol. The summed E-state index contributed by atoms with van der Waals surface area (Å²) in [5.74, 6) is 2.89. The Morgan fingerprint density at radius 3 is 1.04 bits per heavy atom. The minimum absolute atomic E-state index is 0.105. The van der Waals surface area contributed by atoms with E-state index in [4.69, 9.17) is 28.4 Å². The summed E-state index contributed by atoms with van der Waals surface area (Å²) in [6.07, 6.45) is 1.51.